The molecule has 0 saturated heterocycles. The molecule has 7 heteroatoms. The molecule has 0 aliphatic heterocycles. The first kappa shape index (κ1) is 18.2. The summed E-state index contributed by atoms with van der Waals surface area (Å²) in [5.41, 5.74) is 0. The van der Waals surface area contributed by atoms with Crippen LogP contribution in [0.2, 0.25) is 0 Å². The Labute approximate surface area is 119 Å². The van der Waals surface area contributed by atoms with Crippen LogP contribution in [0.25, 0.3) is 0 Å². The molecule has 1 atom stereocenters. The van der Waals surface area contributed by atoms with E-state index in [1.165, 1.54) is 4.90 Å². The summed E-state index contributed by atoms with van der Waals surface area (Å²) < 4.78 is 0. The van der Waals surface area contributed by atoms with Gasteiger partial charge >= 0.3 is 12.0 Å². The van der Waals surface area contributed by atoms with E-state index in [9.17, 15) is 14.4 Å². The van der Waals surface area contributed by atoms with E-state index >= 15 is 0 Å². The molecule has 0 aromatic carbocycles. The van der Waals surface area contributed by atoms with Gasteiger partial charge in [0.05, 0.1) is 0 Å². The minimum Gasteiger partial charge on any atom is -0.481 e. The van der Waals surface area contributed by atoms with Gasteiger partial charge in [-0.05, 0) is 33.6 Å². The molecule has 0 rings (SSSR count). The maximum absolute atomic E-state index is 11.8. The van der Waals surface area contributed by atoms with Crippen molar-refractivity contribution in [2.24, 2.45) is 0 Å². The predicted molar refractivity (Wildman–Crippen MR) is 75.4 cm³/mol. The van der Waals surface area contributed by atoms with Gasteiger partial charge in [0.15, 0.2) is 0 Å². The van der Waals surface area contributed by atoms with Crippen LogP contribution in [0.3, 0.4) is 0 Å². The van der Waals surface area contributed by atoms with E-state index in [1.807, 2.05) is 20.8 Å². The smallest absolute Gasteiger partial charge is 0.317 e. The van der Waals surface area contributed by atoms with Crippen LogP contribution in [0.15, 0.2) is 0 Å². The number of carboxylic acid groups (broad SMARTS) is 1. The number of likely N-dealkylation sites (N-methyl/N-ethyl adjacent to an activating group) is 1. The quantitative estimate of drug-likeness (QED) is 0.615. The number of rotatable bonds is 8. The number of nitrogens with zero attached hydrogens (tertiary/aromatic N) is 1. The number of nitrogens with one attached hydrogen (secondary N) is 2. The van der Waals surface area contributed by atoms with Crippen molar-refractivity contribution in [2.75, 3.05) is 13.6 Å². The van der Waals surface area contributed by atoms with Gasteiger partial charge in [0.1, 0.15) is 6.54 Å². The van der Waals surface area contributed by atoms with Crippen molar-refractivity contribution in [1.82, 2.24) is 15.5 Å². The number of carbonyl (C=O) groups excluding carboxylic acids is 2. The molecular formula is C13H25N3O4. The highest BCUT2D eigenvalue weighted by molar-refractivity contribution is 5.84. The first-order chi connectivity index (χ1) is 9.22. The first-order valence-corrected chi connectivity index (χ1v) is 6.75. The molecule has 0 radical (unpaired) electrons. The Morgan fingerprint density at radius 2 is 1.75 bits per heavy atom. The van der Waals surface area contributed by atoms with E-state index < -0.39 is 5.97 Å². The van der Waals surface area contributed by atoms with Gasteiger partial charge in [-0.25, -0.2) is 4.79 Å². The summed E-state index contributed by atoms with van der Waals surface area (Å²) in [7, 11) is 1.54. The molecule has 0 heterocycles. The van der Waals surface area contributed by atoms with Crippen LogP contribution < -0.4 is 10.6 Å². The predicted octanol–water partition coefficient (Wildman–Crippen LogP) is 0.796. The molecule has 0 aliphatic carbocycles. The first-order valence-electron chi connectivity index (χ1n) is 6.75. The molecule has 0 saturated carbocycles. The van der Waals surface area contributed by atoms with E-state index in [4.69, 9.17) is 5.11 Å². The van der Waals surface area contributed by atoms with E-state index in [2.05, 4.69) is 10.6 Å². The van der Waals surface area contributed by atoms with Crippen LogP contribution >= 0.6 is 0 Å². The fourth-order valence-electron chi connectivity index (χ4n) is 1.61. The van der Waals surface area contributed by atoms with Gasteiger partial charge in [0, 0.05) is 25.6 Å². The van der Waals surface area contributed by atoms with Gasteiger partial charge in [0.25, 0.3) is 0 Å². The molecule has 1 unspecified atom stereocenters. The monoisotopic (exact) mass is 287 g/mol. The summed E-state index contributed by atoms with van der Waals surface area (Å²) in [4.78, 5) is 35.0. The SMILES string of the molecule is CC(C)NC(=O)CN(C)C(=O)NC(C)CCCC(=O)O. The number of aliphatic carboxylic acids is 1. The molecule has 0 aromatic heterocycles. The molecule has 0 fully saturated rings. The van der Waals surface area contributed by atoms with Crippen molar-refractivity contribution < 1.29 is 19.5 Å². The highest BCUT2D eigenvalue weighted by Gasteiger charge is 2.15. The van der Waals surface area contributed by atoms with Crippen molar-refractivity contribution in [1.29, 1.82) is 0 Å². The number of hydrogen-bond donors (Lipinski definition) is 3. The van der Waals surface area contributed by atoms with Crippen molar-refractivity contribution >= 4 is 17.9 Å². The molecule has 20 heavy (non-hydrogen) atoms. The normalized spacial score (nSPS) is 11.8. The third-order valence-electron chi connectivity index (χ3n) is 2.57. The second-order valence-corrected chi connectivity index (χ2v) is 5.21. The molecular weight excluding hydrogens is 262 g/mol. The number of urea groups is 1. The minimum atomic E-state index is -0.842. The topological polar surface area (TPSA) is 98.7 Å². The van der Waals surface area contributed by atoms with Crippen molar-refractivity contribution in [3.8, 4) is 0 Å². The number of carboxylic acids is 1. The summed E-state index contributed by atoms with van der Waals surface area (Å²) in [6.07, 6.45) is 1.19. The number of carbonyl (C=O) groups is 3. The Bertz CT molecular complexity index is 345. The zero-order chi connectivity index (χ0) is 15.7. The molecule has 0 spiro atoms. The lowest BCUT2D eigenvalue weighted by molar-refractivity contribution is -0.137. The zero-order valence-electron chi connectivity index (χ0n) is 12.6. The Morgan fingerprint density at radius 3 is 2.25 bits per heavy atom. The standard InChI is InChI=1S/C13H25N3O4/c1-9(2)14-11(17)8-16(4)13(20)15-10(3)6-5-7-12(18)19/h9-10H,5-8H2,1-4H3,(H,14,17)(H,15,20)(H,18,19). The van der Waals surface area contributed by atoms with E-state index in [0.29, 0.717) is 12.8 Å². The van der Waals surface area contributed by atoms with Gasteiger partial charge in [0.2, 0.25) is 5.91 Å². The minimum absolute atomic E-state index is 0.00808. The molecule has 7 nitrogen and oxygen atoms in total. The van der Waals surface area contributed by atoms with Crippen LogP contribution in [0, 0.1) is 0 Å². The fraction of sp³-hybridized carbons (Fsp3) is 0.769. The van der Waals surface area contributed by atoms with Gasteiger partial charge in [-0.3, -0.25) is 9.59 Å². The largest absolute Gasteiger partial charge is 0.481 e. The Morgan fingerprint density at radius 1 is 1.15 bits per heavy atom. The van der Waals surface area contributed by atoms with Crippen molar-refractivity contribution in [3.05, 3.63) is 0 Å². The summed E-state index contributed by atoms with van der Waals surface area (Å²) in [5.74, 6) is -1.05. The Kier molecular flexibility index (Phi) is 8.35. The summed E-state index contributed by atoms with van der Waals surface area (Å²) >= 11 is 0. The molecule has 0 aromatic rings. The highest BCUT2D eigenvalue weighted by atomic mass is 16.4. The van der Waals surface area contributed by atoms with Crippen LogP contribution in [-0.4, -0.2) is 53.6 Å². The van der Waals surface area contributed by atoms with Gasteiger partial charge in [-0.1, -0.05) is 0 Å². The number of hydrogen-bond acceptors (Lipinski definition) is 3. The van der Waals surface area contributed by atoms with Crippen molar-refractivity contribution in [3.63, 3.8) is 0 Å². The summed E-state index contributed by atoms with van der Waals surface area (Å²) in [6.45, 7) is 5.50. The highest BCUT2D eigenvalue weighted by Crippen LogP contribution is 2.01. The van der Waals surface area contributed by atoms with Crippen LogP contribution in [0.1, 0.15) is 40.0 Å². The maximum atomic E-state index is 11.8. The Hall–Kier alpha value is -1.79. The second kappa shape index (κ2) is 9.17. The molecule has 0 bridgehead atoms. The van der Waals surface area contributed by atoms with Crippen LogP contribution in [0.5, 0.6) is 0 Å². The average Bonchev–Trinajstić information content (AvgIpc) is 2.26. The fourth-order valence-corrected chi connectivity index (χ4v) is 1.61. The van der Waals surface area contributed by atoms with Gasteiger partial charge in [-0.2, -0.15) is 0 Å². The molecule has 116 valence electrons. The van der Waals surface area contributed by atoms with E-state index in [1.54, 1.807) is 7.05 Å². The molecule has 0 aliphatic rings. The van der Waals surface area contributed by atoms with E-state index in [0.717, 1.165) is 0 Å². The second-order valence-electron chi connectivity index (χ2n) is 5.21. The van der Waals surface area contributed by atoms with Crippen LogP contribution in [0.4, 0.5) is 4.79 Å². The lowest BCUT2D eigenvalue weighted by Gasteiger charge is -2.21. The van der Waals surface area contributed by atoms with Crippen molar-refractivity contribution in [2.45, 2.75) is 52.1 Å². The lowest BCUT2D eigenvalue weighted by Crippen LogP contribution is -2.46. The maximum Gasteiger partial charge on any atom is 0.317 e. The summed E-state index contributed by atoms with van der Waals surface area (Å²) in [5, 5.41) is 14.0. The molecule has 3 N–H and O–H groups in total. The third kappa shape index (κ3) is 9.18. The van der Waals surface area contributed by atoms with Gasteiger partial charge < -0.3 is 20.6 Å². The number of amides is 3. The zero-order valence-corrected chi connectivity index (χ0v) is 12.6. The van der Waals surface area contributed by atoms with E-state index in [-0.39, 0.29) is 37.0 Å². The van der Waals surface area contributed by atoms with Crippen LogP contribution in [-0.2, 0) is 9.59 Å². The third-order valence-corrected chi connectivity index (χ3v) is 2.57. The summed E-state index contributed by atoms with van der Waals surface area (Å²) in [6, 6.07) is -0.432. The lowest BCUT2D eigenvalue weighted by atomic mass is 10.1. The Balaban J connectivity index is 4.00. The average molecular weight is 287 g/mol. The van der Waals surface area contributed by atoms with Gasteiger partial charge in [-0.15, -0.1) is 0 Å². The molecule has 3 amide bonds.